The highest BCUT2D eigenvalue weighted by atomic mass is 14.3. The maximum Gasteiger partial charge on any atom is -0.0354 e. The second kappa shape index (κ2) is 30.0. The van der Waals surface area contributed by atoms with Crippen molar-refractivity contribution in [3.8, 4) is 0 Å². The van der Waals surface area contributed by atoms with E-state index in [1.165, 1.54) is 199 Å². The van der Waals surface area contributed by atoms with Crippen molar-refractivity contribution in [1.29, 1.82) is 0 Å². The Balaban J connectivity index is 3.51. The highest BCUT2D eigenvalue weighted by molar-refractivity contribution is 4.74. The van der Waals surface area contributed by atoms with Crippen LogP contribution in [0.25, 0.3) is 0 Å². The molecule has 0 bridgehead atoms. The molecule has 0 saturated heterocycles. The van der Waals surface area contributed by atoms with Crippen molar-refractivity contribution in [1.82, 2.24) is 0 Å². The van der Waals surface area contributed by atoms with Gasteiger partial charge in [0.2, 0.25) is 0 Å². The fourth-order valence-corrected chi connectivity index (χ4v) is 6.36. The normalized spacial score (nSPS) is 12.9. The second-order valence-electron chi connectivity index (χ2n) is 14.2. The van der Waals surface area contributed by atoms with Crippen LogP contribution in [0.15, 0.2) is 0 Å². The van der Waals surface area contributed by atoms with Crippen molar-refractivity contribution in [2.45, 2.75) is 234 Å². The fourth-order valence-electron chi connectivity index (χ4n) is 6.36. The largest absolute Gasteiger partial charge is 0.0654 e. The summed E-state index contributed by atoms with van der Waals surface area (Å²) in [6.07, 6.45) is 45.6. The van der Waals surface area contributed by atoms with Gasteiger partial charge in [-0.2, -0.15) is 0 Å². The minimum atomic E-state index is 0.493. The van der Waals surface area contributed by atoms with Gasteiger partial charge in [-0.3, -0.25) is 0 Å². The molecule has 0 aromatic rings. The smallest absolute Gasteiger partial charge is 0.0354 e. The highest BCUT2D eigenvalue weighted by Gasteiger charge is 2.23. The molecule has 0 rings (SSSR count). The zero-order chi connectivity index (χ0) is 28.0. The molecule has 0 aliphatic rings. The molecule has 0 heteroatoms. The topological polar surface area (TPSA) is 0 Å². The standard InChI is InChI=1S/C38H78/c1-6-8-10-12-14-16-18-20-22-24-26-28-30-32-34-36-37(38(3,4)5)35-33-31-29-27-25-23-21-19-17-15-13-11-9-7-2/h37H,6-36H2,1-5H3. The zero-order valence-corrected chi connectivity index (χ0v) is 28.0. The van der Waals surface area contributed by atoms with E-state index in [0.717, 1.165) is 5.92 Å². The lowest BCUT2D eigenvalue weighted by atomic mass is 9.75. The second-order valence-corrected chi connectivity index (χ2v) is 14.2. The van der Waals surface area contributed by atoms with Gasteiger partial charge in [0.1, 0.15) is 0 Å². The molecular formula is C38H78. The van der Waals surface area contributed by atoms with Crippen LogP contribution in [0.4, 0.5) is 0 Å². The Morgan fingerprint density at radius 1 is 0.289 bits per heavy atom. The summed E-state index contributed by atoms with van der Waals surface area (Å²) < 4.78 is 0. The van der Waals surface area contributed by atoms with Crippen LogP contribution in [0.2, 0.25) is 0 Å². The molecule has 0 aliphatic heterocycles. The average molecular weight is 535 g/mol. The van der Waals surface area contributed by atoms with Gasteiger partial charge in [-0.1, -0.05) is 221 Å². The SMILES string of the molecule is CCCCCCCCCCCCCCCCCC(CCCCCCCCCCCCCCCC)C(C)(C)C. The summed E-state index contributed by atoms with van der Waals surface area (Å²) >= 11 is 0. The number of rotatable bonds is 31. The van der Waals surface area contributed by atoms with Crippen molar-refractivity contribution in [3.05, 3.63) is 0 Å². The van der Waals surface area contributed by atoms with E-state index in [0.29, 0.717) is 5.41 Å². The molecule has 38 heavy (non-hydrogen) atoms. The Kier molecular flexibility index (Phi) is 30.0. The van der Waals surface area contributed by atoms with E-state index in [9.17, 15) is 0 Å². The van der Waals surface area contributed by atoms with Crippen molar-refractivity contribution in [3.63, 3.8) is 0 Å². The molecule has 230 valence electrons. The zero-order valence-electron chi connectivity index (χ0n) is 28.0. The average Bonchev–Trinajstić information content (AvgIpc) is 2.89. The number of unbranched alkanes of at least 4 members (excludes halogenated alkanes) is 27. The lowest BCUT2D eigenvalue weighted by Gasteiger charge is -2.31. The molecule has 0 spiro atoms. The molecule has 0 fully saturated rings. The third-order valence-corrected chi connectivity index (χ3v) is 9.29. The fraction of sp³-hybridized carbons (Fsp3) is 1.00. The summed E-state index contributed by atoms with van der Waals surface area (Å²) in [5.41, 5.74) is 0.493. The van der Waals surface area contributed by atoms with Crippen molar-refractivity contribution >= 4 is 0 Å². The summed E-state index contributed by atoms with van der Waals surface area (Å²) in [6.45, 7) is 12.1. The van der Waals surface area contributed by atoms with E-state index in [-0.39, 0.29) is 0 Å². The minimum absolute atomic E-state index is 0.493. The maximum atomic E-state index is 2.49. The molecule has 0 radical (unpaired) electrons. The van der Waals surface area contributed by atoms with Crippen LogP contribution in [-0.2, 0) is 0 Å². The third-order valence-electron chi connectivity index (χ3n) is 9.29. The van der Waals surface area contributed by atoms with Crippen LogP contribution in [0.5, 0.6) is 0 Å². The summed E-state index contributed by atoms with van der Waals surface area (Å²) in [5, 5.41) is 0. The number of hydrogen-bond acceptors (Lipinski definition) is 0. The molecule has 0 aliphatic carbocycles. The first-order valence-electron chi connectivity index (χ1n) is 18.5. The van der Waals surface area contributed by atoms with Crippen molar-refractivity contribution in [2.75, 3.05) is 0 Å². The van der Waals surface area contributed by atoms with E-state index in [1.807, 2.05) is 0 Å². The highest BCUT2D eigenvalue weighted by Crippen LogP contribution is 2.34. The van der Waals surface area contributed by atoms with Gasteiger partial charge in [0.05, 0.1) is 0 Å². The van der Waals surface area contributed by atoms with Crippen LogP contribution in [-0.4, -0.2) is 0 Å². The van der Waals surface area contributed by atoms with Gasteiger partial charge in [0, 0.05) is 0 Å². The van der Waals surface area contributed by atoms with Gasteiger partial charge in [-0.15, -0.1) is 0 Å². The predicted octanol–water partition coefficient (Wildman–Crippen LogP) is 14.8. The quantitative estimate of drug-likeness (QED) is 0.0775. The van der Waals surface area contributed by atoms with Gasteiger partial charge < -0.3 is 0 Å². The Morgan fingerprint density at radius 3 is 0.658 bits per heavy atom. The molecule has 0 heterocycles. The summed E-state index contributed by atoms with van der Waals surface area (Å²) in [5.74, 6) is 0.932. The van der Waals surface area contributed by atoms with Crippen LogP contribution in [0.1, 0.15) is 234 Å². The first-order valence-corrected chi connectivity index (χ1v) is 18.5. The van der Waals surface area contributed by atoms with Crippen LogP contribution in [0, 0.1) is 11.3 Å². The molecule has 0 aromatic heterocycles. The van der Waals surface area contributed by atoms with Crippen LogP contribution < -0.4 is 0 Å². The summed E-state index contributed by atoms with van der Waals surface area (Å²) in [7, 11) is 0. The minimum Gasteiger partial charge on any atom is -0.0654 e. The summed E-state index contributed by atoms with van der Waals surface area (Å²) in [4.78, 5) is 0. The first kappa shape index (κ1) is 38.0. The van der Waals surface area contributed by atoms with Crippen LogP contribution >= 0.6 is 0 Å². The van der Waals surface area contributed by atoms with E-state index in [2.05, 4.69) is 34.6 Å². The van der Waals surface area contributed by atoms with Crippen molar-refractivity contribution in [2.24, 2.45) is 11.3 Å². The van der Waals surface area contributed by atoms with Crippen molar-refractivity contribution < 1.29 is 0 Å². The Hall–Kier alpha value is 0. The van der Waals surface area contributed by atoms with E-state index in [4.69, 9.17) is 0 Å². The third kappa shape index (κ3) is 29.0. The van der Waals surface area contributed by atoms with Gasteiger partial charge in [0.15, 0.2) is 0 Å². The molecule has 0 saturated carbocycles. The van der Waals surface area contributed by atoms with Gasteiger partial charge >= 0.3 is 0 Å². The molecule has 0 nitrogen and oxygen atoms in total. The molecule has 0 aromatic carbocycles. The Labute approximate surface area is 244 Å². The van der Waals surface area contributed by atoms with Gasteiger partial charge in [-0.05, 0) is 24.2 Å². The predicted molar refractivity (Wildman–Crippen MR) is 177 cm³/mol. The van der Waals surface area contributed by atoms with E-state index < -0.39 is 0 Å². The number of hydrogen-bond donors (Lipinski definition) is 0. The van der Waals surface area contributed by atoms with E-state index >= 15 is 0 Å². The van der Waals surface area contributed by atoms with E-state index in [1.54, 1.807) is 0 Å². The molecular weight excluding hydrogens is 456 g/mol. The first-order chi connectivity index (χ1) is 18.5. The molecule has 0 amide bonds. The summed E-state index contributed by atoms with van der Waals surface area (Å²) in [6, 6.07) is 0. The lowest BCUT2D eigenvalue weighted by molar-refractivity contribution is 0.201. The Bertz CT molecular complexity index is 416. The lowest BCUT2D eigenvalue weighted by Crippen LogP contribution is -2.20. The van der Waals surface area contributed by atoms with Crippen LogP contribution in [0.3, 0.4) is 0 Å². The van der Waals surface area contributed by atoms with Gasteiger partial charge in [-0.25, -0.2) is 0 Å². The Morgan fingerprint density at radius 2 is 0.474 bits per heavy atom. The molecule has 0 N–H and O–H groups in total. The maximum absolute atomic E-state index is 2.49. The van der Waals surface area contributed by atoms with Gasteiger partial charge in [0.25, 0.3) is 0 Å². The molecule has 1 unspecified atom stereocenters. The molecule has 1 atom stereocenters. The monoisotopic (exact) mass is 535 g/mol.